The van der Waals surface area contributed by atoms with Crippen LogP contribution in [0.4, 0.5) is 0 Å². The van der Waals surface area contributed by atoms with Crippen LogP contribution in [-0.2, 0) is 23.9 Å². The van der Waals surface area contributed by atoms with E-state index in [9.17, 15) is 14.4 Å². The number of benzene rings is 1. The Morgan fingerprint density at radius 1 is 1.12 bits per heavy atom. The average molecular weight is 458 g/mol. The molecule has 1 aromatic rings. The van der Waals surface area contributed by atoms with E-state index in [0.717, 1.165) is 0 Å². The molecule has 178 valence electrons. The van der Waals surface area contributed by atoms with Crippen molar-refractivity contribution in [3.8, 4) is 11.5 Å². The second kappa shape index (κ2) is 9.68. The fourth-order valence-electron chi connectivity index (χ4n) is 4.60. The molecule has 0 amide bonds. The highest BCUT2D eigenvalue weighted by Gasteiger charge is 2.48. The molecule has 0 saturated carbocycles. The van der Waals surface area contributed by atoms with E-state index in [1.807, 2.05) is 6.92 Å². The van der Waals surface area contributed by atoms with Crippen molar-refractivity contribution >= 4 is 17.7 Å². The van der Waals surface area contributed by atoms with Crippen molar-refractivity contribution in [3.63, 3.8) is 0 Å². The van der Waals surface area contributed by atoms with Crippen LogP contribution in [0.2, 0.25) is 0 Å². The Labute approximate surface area is 193 Å². The highest BCUT2D eigenvalue weighted by molar-refractivity contribution is 6.12. The van der Waals surface area contributed by atoms with Crippen LogP contribution in [0.15, 0.2) is 40.7 Å². The van der Waals surface area contributed by atoms with Crippen LogP contribution < -0.4 is 14.8 Å². The van der Waals surface area contributed by atoms with Gasteiger partial charge in [-0.2, -0.15) is 0 Å². The molecule has 1 aliphatic heterocycles. The molecule has 0 aromatic heterocycles. The molecule has 1 heterocycles. The van der Waals surface area contributed by atoms with Gasteiger partial charge >= 0.3 is 11.9 Å². The number of allylic oxidation sites excluding steroid dienone is 3. The minimum atomic E-state index is -0.963. The van der Waals surface area contributed by atoms with Gasteiger partial charge in [-0.15, -0.1) is 0 Å². The van der Waals surface area contributed by atoms with E-state index in [1.165, 1.54) is 21.3 Å². The van der Waals surface area contributed by atoms with Gasteiger partial charge in [0, 0.05) is 22.5 Å². The number of rotatable bonds is 6. The van der Waals surface area contributed by atoms with Gasteiger partial charge < -0.3 is 24.3 Å². The lowest BCUT2D eigenvalue weighted by Gasteiger charge is -2.38. The number of carbonyl (C=O) groups is 3. The van der Waals surface area contributed by atoms with Gasteiger partial charge in [0.2, 0.25) is 0 Å². The molecule has 0 spiro atoms. The molecular weight excluding hydrogens is 426 g/mol. The average Bonchev–Trinajstić information content (AvgIpc) is 2.76. The van der Waals surface area contributed by atoms with E-state index in [0.29, 0.717) is 46.0 Å². The third kappa shape index (κ3) is 4.47. The number of carbonyl (C=O) groups excluding carboxylic acids is 3. The lowest BCUT2D eigenvalue weighted by molar-refractivity contribution is -0.151. The van der Waals surface area contributed by atoms with E-state index in [4.69, 9.17) is 18.9 Å². The molecule has 8 nitrogen and oxygen atoms in total. The summed E-state index contributed by atoms with van der Waals surface area (Å²) in [6.07, 6.45) is 0.0962. The van der Waals surface area contributed by atoms with Gasteiger partial charge in [0.05, 0.1) is 38.9 Å². The van der Waals surface area contributed by atoms with Crippen molar-refractivity contribution in [2.75, 3.05) is 21.3 Å². The summed E-state index contributed by atoms with van der Waals surface area (Å²) in [7, 11) is 4.32. The number of hydrogen-bond donors (Lipinski definition) is 1. The molecule has 33 heavy (non-hydrogen) atoms. The molecule has 0 bridgehead atoms. The summed E-state index contributed by atoms with van der Waals surface area (Å²) in [4.78, 5) is 39.5. The zero-order chi connectivity index (χ0) is 24.4. The van der Waals surface area contributed by atoms with Crippen LogP contribution in [0.3, 0.4) is 0 Å². The highest BCUT2D eigenvalue weighted by Crippen LogP contribution is 2.48. The SMILES string of the molecule is COC(=O)C1C(=O)C2=C(CC1C)NC(C)=C(C(=O)OC(C)C)C2c1cc(OC)ccc1OC. The van der Waals surface area contributed by atoms with E-state index < -0.39 is 23.8 Å². The zero-order valence-electron chi connectivity index (χ0n) is 20.1. The first-order chi connectivity index (χ1) is 15.6. The van der Waals surface area contributed by atoms with Crippen molar-refractivity contribution in [2.45, 2.75) is 46.1 Å². The normalized spacial score (nSPS) is 22.5. The van der Waals surface area contributed by atoms with Gasteiger partial charge in [-0.3, -0.25) is 9.59 Å². The number of Topliss-reactive ketones (excluding diaryl/α,β-unsaturated/α-hetero) is 1. The number of nitrogens with one attached hydrogen (secondary N) is 1. The van der Waals surface area contributed by atoms with Crippen molar-refractivity contribution in [1.82, 2.24) is 5.32 Å². The van der Waals surface area contributed by atoms with Crippen LogP contribution in [0.25, 0.3) is 0 Å². The molecule has 3 unspecified atom stereocenters. The van der Waals surface area contributed by atoms with Gasteiger partial charge in [0.25, 0.3) is 0 Å². The molecule has 1 aliphatic carbocycles. The summed E-state index contributed by atoms with van der Waals surface area (Å²) in [6.45, 7) is 7.14. The quantitative estimate of drug-likeness (QED) is 0.513. The third-order valence-electron chi connectivity index (χ3n) is 6.05. The van der Waals surface area contributed by atoms with Gasteiger partial charge in [-0.05, 0) is 51.3 Å². The number of hydrogen-bond acceptors (Lipinski definition) is 8. The molecule has 8 heteroatoms. The van der Waals surface area contributed by atoms with Crippen LogP contribution >= 0.6 is 0 Å². The number of dihydropyridines is 1. The van der Waals surface area contributed by atoms with Crippen molar-refractivity contribution < 1.29 is 33.3 Å². The van der Waals surface area contributed by atoms with Crippen LogP contribution in [0, 0.1) is 11.8 Å². The molecule has 3 rings (SSSR count). The maximum atomic E-state index is 13.8. The second-order valence-electron chi connectivity index (χ2n) is 8.60. The monoisotopic (exact) mass is 457 g/mol. The van der Waals surface area contributed by atoms with Gasteiger partial charge in [-0.1, -0.05) is 6.92 Å². The Morgan fingerprint density at radius 3 is 2.39 bits per heavy atom. The molecule has 1 N–H and O–H groups in total. The minimum absolute atomic E-state index is 0.263. The second-order valence-corrected chi connectivity index (χ2v) is 8.60. The molecule has 3 atom stereocenters. The molecule has 0 fully saturated rings. The van der Waals surface area contributed by atoms with E-state index in [2.05, 4.69) is 5.32 Å². The maximum absolute atomic E-state index is 13.8. The predicted octanol–water partition coefficient (Wildman–Crippen LogP) is 3.27. The first-order valence-corrected chi connectivity index (χ1v) is 10.9. The highest BCUT2D eigenvalue weighted by atomic mass is 16.5. The summed E-state index contributed by atoms with van der Waals surface area (Å²) >= 11 is 0. The van der Waals surface area contributed by atoms with Crippen molar-refractivity contribution in [1.29, 1.82) is 0 Å². The molecular formula is C25H31NO7. The van der Waals surface area contributed by atoms with Crippen LogP contribution in [0.1, 0.15) is 45.6 Å². The summed E-state index contributed by atoms with van der Waals surface area (Å²) in [5.41, 5.74) is 2.48. The van der Waals surface area contributed by atoms with E-state index in [-0.39, 0.29) is 17.8 Å². The first-order valence-electron chi connectivity index (χ1n) is 10.9. The lowest BCUT2D eigenvalue weighted by atomic mass is 9.69. The number of esters is 2. The smallest absolute Gasteiger partial charge is 0.337 e. The first kappa shape index (κ1) is 24.4. The Morgan fingerprint density at radius 2 is 1.82 bits per heavy atom. The number of ketones is 1. The van der Waals surface area contributed by atoms with E-state index >= 15 is 0 Å². The number of ether oxygens (including phenoxy) is 4. The predicted molar refractivity (Wildman–Crippen MR) is 121 cm³/mol. The standard InChI is InChI=1S/C25H31NO7/c1-12(2)33-25(29)20-14(4)26-17-10-13(3)19(24(28)32-7)23(27)22(17)21(20)16-11-15(30-5)8-9-18(16)31-6/h8-9,11-13,19,21,26H,10H2,1-7H3. The summed E-state index contributed by atoms with van der Waals surface area (Å²) in [5.74, 6) is -2.51. The minimum Gasteiger partial charge on any atom is -0.497 e. The van der Waals surface area contributed by atoms with Gasteiger partial charge in [0.1, 0.15) is 17.4 Å². The van der Waals surface area contributed by atoms with E-state index in [1.54, 1.807) is 39.0 Å². The molecule has 0 saturated heterocycles. The summed E-state index contributed by atoms with van der Waals surface area (Å²) < 4.78 is 21.5. The summed E-state index contributed by atoms with van der Waals surface area (Å²) in [5, 5.41) is 3.24. The fraction of sp³-hybridized carbons (Fsp3) is 0.480. The Kier molecular flexibility index (Phi) is 7.15. The third-order valence-corrected chi connectivity index (χ3v) is 6.05. The van der Waals surface area contributed by atoms with Crippen LogP contribution in [-0.4, -0.2) is 45.2 Å². The lowest BCUT2D eigenvalue weighted by Crippen LogP contribution is -2.43. The molecule has 1 aromatic carbocycles. The van der Waals surface area contributed by atoms with Gasteiger partial charge in [-0.25, -0.2) is 4.79 Å². The number of methoxy groups -OCH3 is 3. The van der Waals surface area contributed by atoms with Gasteiger partial charge in [0.15, 0.2) is 5.78 Å². The Hall–Kier alpha value is -3.29. The largest absolute Gasteiger partial charge is 0.497 e. The maximum Gasteiger partial charge on any atom is 0.337 e. The van der Waals surface area contributed by atoms with Crippen molar-refractivity contribution in [2.24, 2.45) is 11.8 Å². The molecule has 2 aliphatic rings. The molecule has 0 radical (unpaired) electrons. The summed E-state index contributed by atoms with van der Waals surface area (Å²) in [6, 6.07) is 5.21. The van der Waals surface area contributed by atoms with Crippen molar-refractivity contribution in [3.05, 3.63) is 46.3 Å². The Balaban J connectivity index is 2.28. The zero-order valence-corrected chi connectivity index (χ0v) is 20.1. The van der Waals surface area contributed by atoms with Crippen LogP contribution in [0.5, 0.6) is 11.5 Å². The Bertz CT molecular complexity index is 1040. The topological polar surface area (TPSA) is 100 Å². The fourth-order valence-corrected chi connectivity index (χ4v) is 4.60.